The normalized spacial score (nSPS) is 16.4. The number of rotatable bonds is 4. The molecular weight excluding hydrogens is 256 g/mol. The molecule has 1 aromatic carbocycles. The minimum absolute atomic E-state index is 0.212. The van der Waals surface area contributed by atoms with Crippen LogP contribution in [0.4, 0.5) is 4.79 Å². The van der Waals surface area contributed by atoms with Gasteiger partial charge in [-0.15, -0.1) is 0 Å². The van der Waals surface area contributed by atoms with Gasteiger partial charge in [0.2, 0.25) is 0 Å². The van der Waals surface area contributed by atoms with Crippen LogP contribution in [0.2, 0.25) is 0 Å². The van der Waals surface area contributed by atoms with Gasteiger partial charge in [0.1, 0.15) is 0 Å². The fourth-order valence-electron chi connectivity index (χ4n) is 2.47. The Kier molecular flexibility index (Phi) is 4.98. The zero-order chi connectivity index (χ0) is 14.4. The highest BCUT2D eigenvalue weighted by Gasteiger charge is 2.25. The van der Waals surface area contributed by atoms with Crippen molar-refractivity contribution in [2.24, 2.45) is 0 Å². The number of carbonyl (C=O) groups is 2. The molecule has 2 N–H and O–H groups in total. The van der Waals surface area contributed by atoms with Gasteiger partial charge < -0.3 is 15.4 Å². The van der Waals surface area contributed by atoms with Crippen molar-refractivity contribution in [1.29, 1.82) is 0 Å². The second kappa shape index (κ2) is 6.93. The Labute approximate surface area is 118 Å². The molecule has 20 heavy (non-hydrogen) atoms. The zero-order valence-electron chi connectivity index (χ0n) is 11.6. The van der Waals surface area contributed by atoms with Gasteiger partial charge in [-0.25, -0.2) is 9.59 Å². The molecule has 5 heteroatoms. The van der Waals surface area contributed by atoms with E-state index in [4.69, 9.17) is 4.74 Å². The lowest BCUT2D eigenvalue weighted by molar-refractivity contribution is -0.143. The maximum atomic E-state index is 12.0. The van der Waals surface area contributed by atoms with Crippen LogP contribution in [0.5, 0.6) is 0 Å². The van der Waals surface area contributed by atoms with Crippen LogP contribution in [0.25, 0.3) is 0 Å². The average Bonchev–Trinajstić information content (AvgIpc) is 2.97. The van der Waals surface area contributed by atoms with E-state index in [0.717, 1.165) is 25.7 Å². The Hall–Kier alpha value is -2.04. The molecule has 5 nitrogen and oxygen atoms in total. The number of hydrogen-bond donors (Lipinski definition) is 2. The van der Waals surface area contributed by atoms with Gasteiger partial charge in [0.25, 0.3) is 0 Å². The average molecular weight is 276 g/mol. The van der Waals surface area contributed by atoms with E-state index in [2.05, 4.69) is 10.6 Å². The smallest absolute Gasteiger partial charge is 0.333 e. The summed E-state index contributed by atoms with van der Waals surface area (Å²) < 4.78 is 4.76. The number of benzene rings is 1. The van der Waals surface area contributed by atoms with Crippen molar-refractivity contribution in [2.45, 2.75) is 37.8 Å². The highest BCUT2D eigenvalue weighted by atomic mass is 16.5. The van der Waals surface area contributed by atoms with E-state index in [-0.39, 0.29) is 12.1 Å². The molecule has 1 aliphatic carbocycles. The molecule has 1 aliphatic rings. The summed E-state index contributed by atoms with van der Waals surface area (Å²) in [5.41, 5.74) is 0.709. The van der Waals surface area contributed by atoms with Crippen LogP contribution in [0.15, 0.2) is 30.3 Å². The van der Waals surface area contributed by atoms with Crippen molar-refractivity contribution in [2.75, 3.05) is 7.11 Å². The van der Waals surface area contributed by atoms with E-state index in [1.807, 2.05) is 18.2 Å². The number of esters is 1. The van der Waals surface area contributed by atoms with Gasteiger partial charge in [0.05, 0.1) is 7.11 Å². The quantitative estimate of drug-likeness (QED) is 0.828. The van der Waals surface area contributed by atoms with Crippen molar-refractivity contribution in [1.82, 2.24) is 10.6 Å². The number of amides is 2. The van der Waals surface area contributed by atoms with Crippen molar-refractivity contribution in [3.63, 3.8) is 0 Å². The third-order valence-electron chi connectivity index (χ3n) is 3.54. The maximum Gasteiger partial charge on any atom is 0.333 e. The van der Waals surface area contributed by atoms with E-state index >= 15 is 0 Å². The first kappa shape index (κ1) is 14.4. The highest BCUT2D eigenvalue weighted by molar-refractivity contribution is 5.84. The highest BCUT2D eigenvalue weighted by Crippen LogP contribution is 2.18. The minimum Gasteiger partial charge on any atom is -0.467 e. The van der Waals surface area contributed by atoms with Crippen LogP contribution in [-0.2, 0) is 9.53 Å². The van der Waals surface area contributed by atoms with Gasteiger partial charge in [-0.05, 0) is 18.4 Å². The predicted molar refractivity (Wildman–Crippen MR) is 75.1 cm³/mol. The van der Waals surface area contributed by atoms with Crippen LogP contribution in [0.3, 0.4) is 0 Å². The van der Waals surface area contributed by atoms with Gasteiger partial charge in [-0.2, -0.15) is 0 Å². The SMILES string of the molecule is COC(=O)C(NC(=O)NC1CCCC1)c1ccccc1. The number of urea groups is 1. The standard InChI is InChI=1S/C15H20N2O3/c1-20-14(18)13(11-7-3-2-4-8-11)17-15(19)16-12-9-5-6-10-12/h2-4,7-8,12-13H,5-6,9-10H2,1H3,(H2,16,17,19). The molecule has 0 saturated heterocycles. The molecule has 0 aromatic heterocycles. The fourth-order valence-corrected chi connectivity index (χ4v) is 2.47. The van der Waals surface area contributed by atoms with Crippen molar-refractivity contribution < 1.29 is 14.3 Å². The molecule has 108 valence electrons. The van der Waals surface area contributed by atoms with Crippen LogP contribution >= 0.6 is 0 Å². The van der Waals surface area contributed by atoms with Crippen molar-refractivity contribution in [3.05, 3.63) is 35.9 Å². The molecule has 1 atom stereocenters. The first-order chi connectivity index (χ1) is 9.70. The molecule has 0 spiro atoms. The molecule has 0 bridgehead atoms. The van der Waals surface area contributed by atoms with E-state index in [9.17, 15) is 9.59 Å². The number of ether oxygens (including phenoxy) is 1. The monoisotopic (exact) mass is 276 g/mol. The summed E-state index contributed by atoms with van der Waals surface area (Å²) in [6, 6.07) is 8.19. The summed E-state index contributed by atoms with van der Waals surface area (Å²) in [6.45, 7) is 0. The van der Waals surface area contributed by atoms with Gasteiger partial charge in [0, 0.05) is 6.04 Å². The summed E-state index contributed by atoms with van der Waals surface area (Å²) in [6.07, 6.45) is 4.29. The molecule has 1 fully saturated rings. The molecule has 0 aliphatic heterocycles. The lowest BCUT2D eigenvalue weighted by Crippen LogP contribution is -2.44. The third-order valence-corrected chi connectivity index (χ3v) is 3.54. The molecule has 2 rings (SSSR count). The van der Waals surface area contributed by atoms with E-state index in [1.165, 1.54) is 7.11 Å². The Morgan fingerprint density at radius 2 is 1.85 bits per heavy atom. The minimum atomic E-state index is -0.775. The Morgan fingerprint density at radius 3 is 2.45 bits per heavy atom. The number of hydrogen-bond acceptors (Lipinski definition) is 3. The number of nitrogens with one attached hydrogen (secondary N) is 2. The number of methoxy groups -OCH3 is 1. The summed E-state index contributed by atoms with van der Waals surface area (Å²) in [5, 5.41) is 5.59. The molecule has 1 aromatic rings. The van der Waals surface area contributed by atoms with Crippen LogP contribution in [0.1, 0.15) is 37.3 Å². The van der Waals surface area contributed by atoms with E-state index in [1.54, 1.807) is 12.1 Å². The van der Waals surface area contributed by atoms with E-state index < -0.39 is 12.0 Å². The van der Waals surface area contributed by atoms with E-state index in [0.29, 0.717) is 5.56 Å². The molecule has 2 amide bonds. The second-order valence-corrected chi connectivity index (χ2v) is 4.97. The summed E-state index contributed by atoms with van der Waals surface area (Å²) in [5.74, 6) is -0.474. The Morgan fingerprint density at radius 1 is 1.20 bits per heavy atom. The summed E-state index contributed by atoms with van der Waals surface area (Å²) in [4.78, 5) is 23.8. The third kappa shape index (κ3) is 3.73. The van der Waals surface area contributed by atoms with Crippen molar-refractivity contribution >= 4 is 12.0 Å². The molecule has 1 unspecified atom stereocenters. The largest absolute Gasteiger partial charge is 0.467 e. The summed E-state index contributed by atoms with van der Waals surface area (Å²) in [7, 11) is 1.31. The fraction of sp³-hybridized carbons (Fsp3) is 0.467. The first-order valence-corrected chi connectivity index (χ1v) is 6.90. The molecule has 0 radical (unpaired) electrons. The first-order valence-electron chi connectivity index (χ1n) is 6.90. The Balaban J connectivity index is 2.00. The predicted octanol–water partition coefficient (Wildman–Crippen LogP) is 2.14. The lowest BCUT2D eigenvalue weighted by Gasteiger charge is -2.19. The van der Waals surface area contributed by atoms with Crippen LogP contribution < -0.4 is 10.6 Å². The van der Waals surface area contributed by atoms with Crippen LogP contribution in [-0.4, -0.2) is 25.2 Å². The van der Waals surface area contributed by atoms with Gasteiger partial charge >= 0.3 is 12.0 Å². The van der Waals surface area contributed by atoms with Gasteiger partial charge in [-0.3, -0.25) is 0 Å². The zero-order valence-corrected chi connectivity index (χ0v) is 11.6. The molecule has 1 saturated carbocycles. The Bertz CT molecular complexity index is 455. The topological polar surface area (TPSA) is 67.4 Å². The second-order valence-electron chi connectivity index (χ2n) is 4.97. The van der Waals surface area contributed by atoms with Gasteiger partial charge in [-0.1, -0.05) is 43.2 Å². The molecular formula is C15H20N2O3. The van der Waals surface area contributed by atoms with Gasteiger partial charge in [0.15, 0.2) is 6.04 Å². The maximum absolute atomic E-state index is 12.0. The van der Waals surface area contributed by atoms with Crippen LogP contribution in [0, 0.1) is 0 Å². The lowest BCUT2D eigenvalue weighted by atomic mass is 10.1. The number of carbonyl (C=O) groups excluding carboxylic acids is 2. The summed E-state index contributed by atoms with van der Waals surface area (Å²) >= 11 is 0. The van der Waals surface area contributed by atoms with Crippen molar-refractivity contribution in [3.8, 4) is 0 Å². The molecule has 0 heterocycles.